The Labute approximate surface area is 114 Å². The van der Waals surface area contributed by atoms with Crippen molar-refractivity contribution < 1.29 is 4.39 Å². The predicted molar refractivity (Wildman–Crippen MR) is 74.6 cm³/mol. The van der Waals surface area contributed by atoms with Crippen molar-refractivity contribution in [2.24, 2.45) is 5.73 Å². The van der Waals surface area contributed by atoms with E-state index in [1.165, 1.54) is 22.9 Å². The Kier molecular flexibility index (Phi) is 3.71. The first-order chi connectivity index (χ1) is 8.97. The van der Waals surface area contributed by atoms with Gasteiger partial charge in [-0.3, -0.25) is 4.79 Å². The molecule has 0 radical (unpaired) electrons. The summed E-state index contributed by atoms with van der Waals surface area (Å²) in [5.41, 5.74) is 6.84. The maximum atomic E-state index is 13.5. The van der Waals surface area contributed by atoms with Crippen LogP contribution >= 0.6 is 12.2 Å². The number of hydrogen-bond donors (Lipinski definition) is 1. The first-order valence-corrected chi connectivity index (χ1v) is 6.01. The Morgan fingerprint density at radius 3 is 2.84 bits per heavy atom. The Bertz CT molecular complexity index is 697. The van der Waals surface area contributed by atoms with E-state index in [0.717, 1.165) is 5.69 Å². The Balaban J connectivity index is 2.39. The van der Waals surface area contributed by atoms with Gasteiger partial charge in [-0.15, -0.1) is 0 Å². The van der Waals surface area contributed by atoms with Crippen LogP contribution in [0.15, 0.2) is 35.1 Å². The molecule has 0 saturated heterocycles. The lowest BCUT2D eigenvalue weighted by Gasteiger charge is -2.07. The normalized spacial score (nSPS) is 10.4. The number of aromatic nitrogens is 2. The summed E-state index contributed by atoms with van der Waals surface area (Å²) < 4.78 is 14.8. The van der Waals surface area contributed by atoms with E-state index < -0.39 is 5.82 Å². The van der Waals surface area contributed by atoms with Crippen LogP contribution in [0.3, 0.4) is 0 Å². The number of nitrogens with zero attached hydrogens (tertiary/aromatic N) is 2. The highest BCUT2D eigenvalue weighted by molar-refractivity contribution is 7.80. The molecule has 0 amide bonds. The topological polar surface area (TPSA) is 60.9 Å². The molecule has 0 saturated carbocycles. The second kappa shape index (κ2) is 5.27. The molecule has 0 aliphatic rings. The van der Waals surface area contributed by atoms with Gasteiger partial charge in [0.05, 0.1) is 12.2 Å². The second-order valence-corrected chi connectivity index (χ2v) is 4.59. The van der Waals surface area contributed by atoms with Crippen LogP contribution < -0.4 is 11.3 Å². The summed E-state index contributed by atoms with van der Waals surface area (Å²) in [6.07, 6.45) is 0. The van der Waals surface area contributed by atoms with Gasteiger partial charge in [0, 0.05) is 11.6 Å². The van der Waals surface area contributed by atoms with Crippen molar-refractivity contribution in [2.75, 3.05) is 0 Å². The maximum absolute atomic E-state index is 13.5. The average Bonchev–Trinajstić information content (AvgIpc) is 2.36. The molecule has 2 rings (SSSR count). The molecular formula is C13H12FN3OS. The lowest BCUT2D eigenvalue weighted by molar-refractivity contribution is 0.613. The molecular weight excluding hydrogens is 265 g/mol. The number of halogens is 1. The van der Waals surface area contributed by atoms with Gasteiger partial charge in [-0.1, -0.05) is 18.3 Å². The van der Waals surface area contributed by atoms with Crippen LogP contribution in [0.25, 0.3) is 0 Å². The zero-order valence-corrected chi connectivity index (χ0v) is 11.1. The molecule has 0 aliphatic heterocycles. The summed E-state index contributed by atoms with van der Waals surface area (Å²) in [4.78, 5) is 11.6. The molecule has 0 fully saturated rings. The third-order valence-electron chi connectivity index (χ3n) is 2.63. The summed E-state index contributed by atoms with van der Waals surface area (Å²) in [7, 11) is 0. The van der Waals surface area contributed by atoms with Crippen molar-refractivity contribution in [3.8, 4) is 0 Å². The lowest BCUT2D eigenvalue weighted by atomic mass is 10.1. The second-order valence-electron chi connectivity index (χ2n) is 4.15. The van der Waals surface area contributed by atoms with Crippen molar-refractivity contribution >= 4 is 17.2 Å². The van der Waals surface area contributed by atoms with Crippen molar-refractivity contribution in [1.82, 2.24) is 9.78 Å². The minimum atomic E-state index is -0.471. The summed E-state index contributed by atoms with van der Waals surface area (Å²) in [6, 6.07) is 7.48. The fraction of sp³-hybridized carbons (Fsp3) is 0.154. The van der Waals surface area contributed by atoms with E-state index in [1.807, 2.05) is 0 Å². The van der Waals surface area contributed by atoms with Crippen LogP contribution in [0.5, 0.6) is 0 Å². The van der Waals surface area contributed by atoms with Crippen LogP contribution in [0.1, 0.15) is 16.8 Å². The Morgan fingerprint density at radius 1 is 1.42 bits per heavy atom. The number of benzene rings is 1. The molecule has 0 unspecified atom stereocenters. The molecule has 2 aromatic rings. The third-order valence-corrected chi connectivity index (χ3v) is 2.85. The van der Waals surface area contributed by atoms with Gasteiger partial charge >= 0.3 is 0 Å². The maximum Gasteiger partial charge on any atom is 0.267 e. The van der Waals surface area contributed by atoms with Gasteiger partial charge in [0.1, 0.15) is 10.8 Å². The number of hydrogen-bond acceptors (Lipinski definition) is 3. The van der Waals surface area contributed by atoms with E-state index in [0.29, 0.717) is 5.56 Å². The molecule has 0 bridgehead atoms. The van der Waals surface area contributed by atoms with Gasteiger partial charge in [-0.2, -0.15) is 5.10 Å². The van der Waals surface area contributed by atoms with Gasteiger partial charge in [0.2, 0.25) is 0 Å². The van der Waals surface area contributed by atoms with E-state index in [1.54, 1.807) is 19.1 Å². The van der Waals surface area contributed by atoms with Crippen LogP contribution in [0.4, 0.5) is 4.39 Å². The minimum absolute atomic E-state index is 0.0103. The number of aryl methyl sites for hydroxylation is 1. The molecule has 2 N–H and O–H groups in total. The molecule has 4 nitrogen and oxygen atoms in total. The largest absolute Gasteiger partial charge is 0.389 e. The van der Waals surface area contributed by atoms with Crippen LogP contribution in [0, 0.1) is 12.7 Å². The molecule has 98 valence electrons. The molecule has 1 heterocycles. The number of nitrogens with two attached hydrogens (primary N) is 1. The lowest BCUT2D eigenvalue weighted by Crippen LogP contribution is -2.23. The summed E-state index contributed by atoms with van der Waals surface area (Å²) in [5.74, 6) is -0.471. The van der Waals surface area contributed by atoms with E-state index in [2.05, 4.69) is 5.10 Å². The van der Waals surface area contributed by atoms with E-state index >= 15 is 0 Å². The van der Waals surface area contributed by atoms with Gasteiger partial charge in [-0.05, 0) is 30.7 Å². The first kappa shape index (κ1) is 13.4. The standard InChI is InChI=1S/C13H12FN3OS/c1-8-2-5-12(18)17(16-8)7-9-3-4-11(14)10(6-9)13(15)19/h2-6H,7H2,1H3,(H2,15,19). The van der Waals surface area contributed by atoms with Gasteiger partial charge in [-0.25, -0.2) is 9.07 Å². The van der Waals surface area contributed by atoms with Crippen LogP contribution in [-0.2, 0) is 6.54 Å². The first-order valence-electron chi connectivity index (χ1n) is 5.60. The van der Waals surface area contributed by atoms with Gasteiger partial charge < -0.3 is 5.73 Å². The average molecular weight is 277 g/mol. The zero-order valence-electron chi connectivity index (χ0n) is 10.3. The number of thiocarbonyl (C=S) groups is 1. The van der Waals surface area contributed by atoms with Gasteiger partial charge in [0.25, 0.3) is 5.56 Å². The van der Waals surface area contributed by atoms with Crippen molar-refractivity contribution in [3.63, 3.8) is 0 Å². The quantitative estimate of drug-likeness (QED) is 0.861. The van der Waals surface area contributed by atoms with E-state index in [4.69, 9.17) is 18.0 Å². The Morgan fingerprint density at radius 2 is 2.16 bits per heavy atom. The SMILES string of the molecule is Cc1ccc(=O)n(Cc2ccc(F)c(C(N)=S)c2)n1. The van der Waals surface area contributed by atoms with E-state index in [9.17, 15) is 9.18 Å². The van der Waals surface area contributed by atoms with Crippen molar-refractivity contribution in [3.05, 3.63) is 63.3 Å². The molecule has 0 atom stereocenters. The zero-order chi connectivity index (χ0) is 14.0. The van der Waals surface area contributed by atoms with Crippen molar-refractivity contribution in [1.29, 1.82) is 0 Å². The summed E-state index contributed by atoms with van der Waals surface area (Å²) in [5, 5.41) is 4.11. The van der Waals surface area contributed by atoms with Crippen LogP contribution in [-0.4, -0.2) is 14.8 Å². The minimum Gasteiger partial charge on any atom is -0.389 e. The molecule has 0 aliphatic carbocycles. The Hall–Kier alpha value is -2.08. The highest BCUT2D eigenvalue weighted by Gasteiger charge is 2.07. The summed E-state index contributed by atoms with van der Waals surface area (Å²) >= 11 is 4.77. The molecule has 19 heavy (non-hydrogen) atoms. The van der Waals surface area contributed by atoms with Crippen molar-refractivity contribution in [2.45, 2.75) is 13.5 Å². The fourth-order valence-electron chi connectivity index (χ4n) is 1.70. The third kappa shape index (κ3) is 3.03. The highest BCUT2D eigenvalue weighted by atomic mass is 32.1. The monoisotopic (exact) mass is 277 g/mol. The van der Waals surface area contributed by atoms with E-state index in [-0.39, 0.29) is 22.7 Å². The summed E-state index contributed by atoms with van der Waals surface area (Å²) in [6.45, 7) is 2.04. The molecule has 6 heteroatoms. The number of rotatable bonds is 3. The van der Waals surface area contributed by atoms with Crippen LogP contribution in [0.2, 0.25) is 0 Å². The highest BCUT2D eigenvalue weighted by Crippen LogP contribution is 2.11. The smallest absolute Gasteiger partial charge is 0.267 e. The molecule has 1 aromatic heterocycles. The fourth-order valence-corrected chi connectivity index (χ4v) is 1.85. The predicted octanol–water partition coefficient (Wildman–Crippen LogP) is 1.37. The molecule has 0 spiro atoms. The molecule has 1 aromatic carbocycles. The van der Waals surface area contributed by atoms with Gasteiger partial charge in [0.15, 0.2) is 0 Å².